The number of hydrogen-bond donors (Lipinski definition) is 2. The van der Waals surface area contributed by atoms with E-state index in [-0.39, 0.29) is 0 Å². The highest BCUT2D eigenvalue weighted by molar-refractivity contribution is 5.70. The molecule has 3 rings (SSSR count). The van der Waals surface area contributed by atoms with Crippen molar-refractivity contribution in [3.8, 4) is 22.5 Å². The number of nitrogens with one attached hydrogen (secondary N) is 1. The number of H-pyrrole nitrogens is 1. The summed E-state index contributed by atoms with van der Waals surface area (Å²) in [5.74, 6) is 0. The number of anilines is 1. The van der Waals surface area contributed by atoms with Gasteiger partial charge in [-0.3, -0.25) is 5.10 Å². The van der Waals surface area contributed by atoms with Crippen LogP contribution in [0.3, 0.4) is 0 Å². The molecule has 0 aliphatic carbocycles. The zero-order valence-corrected chi connectivity index (χ0v) is 10.7. The van der Waals surface area contributed by atoms with E-state index in [0.717, 1.165) is 28.2 Å². The molecule has 3 N–H and O–H groups in total. The molecule has 0 radical (unpaired) electrons. The molecule has 0 amide bonds. The van der Waals surface area contributed by atoms with Crippen molar-refractivity contribution in [2.75, 3.05) is 5.73 Å². The third-order valence-corrected chi connectivity index (χ3v) is 3.09. The molecule has 0 bridgehead atoms. The van der Waals surface area contributed by atoms with Gasteiger partial charge in [0, 0.05) is 16.8 Å². The van der Waals surface area contributed by atoms with E-state index in [1.54, 1.807) is 0 Å². The van der Waals surface area contributed by atoms with Gasteiger partial charge in [0.2, 0.25) is 0 Å². The Balaban J connectivity index is 2.00. The Kier molecular flexibility index (Phi) is 2.80. The molecule has 0 fully saturated rings. The van der Waals surface area contributed by atoms with Gasteiger partial charge in [0.15, 0.2) is 0 Å². The van der Waals surface area contributed by atoms with Crippen molar-refractivity contribution in [2.45, 2.75) is 6.92 Å². The second kappa shape index (κ2) is 4.61. The van der Waals surface area contributed by atoms with Crippen molar-refractivity contribution in [3.05, 3.63) is 60.2 Å². The minimum Gasteiger partial charge on any atom is -0.399 e. The van der Waals surface area contributed by atoms with Crippen LogP contribution in [0.2, 0.25) is 0 Å². The third kappa shape index (κ3) is 2.36. The molecule has 1 aromatic heterocycles. The molecule has 19 heavy (non-hydrogen) atoms. The first-order chi connectivity index (χ1) is 9.22. The molecule has 1 heterocycles. The van der Waals surface area contributed by atoms with Crippen LogP contribution in [0.25, 0.3) is 22.5 Å². The Morgan fingerprint density at radius 2 is 1.74 bits per heavy atom. The molecule has 2 aromatic carbocycles. The number of nitrogens with two attached hydrogens (primary N) is 1. The van der Waals surface area contributed by atoms with Crippen molar-refractivity contribution >= 4 is 5.69 Å². The molecule has 3 aromatic rings. The van der Waals surface area contributed by atoms with E-state index < -0.39 is 0 Å². The monoisotopic (exact) mass is 249 g/mol. The van der Waals surface area contributed by atoms with Gasteiger partial charge in [-0.25, -0.2) is 0 Å². The van der Waals surface area contributed by atoms with Crippen molar-refractivity contribution in [2.24, 2.45) is 0 Å². The van der Waals surface area contributed by atoms with E-state index in [1.807, 2.05) is 36.4 Å². The normalized spacial score (nSPS) is 10.6. The zero-order chi connectivity index (χ0) is 13.2. The Morgan fingerprint density at radius 3 is 2.53 bits per heavy atom. The molecule has 0 aliphatic heterocycles. The fraction of sp³-hybridized carbons (Fsp3) is 0.0625. The van der Waals surface area contributed by atoms with E-state index in [0.29, 0.717) is 0 Å². The molecule has 0 saturated carbocycles. The summed E-state index contributed by atoms with van der Waals surface area (Å²) < 4.78 is 0. The van der Waals surface area contributed by atoms with E-state index in [2.05, 4.69) is 35.3 Å². The summed E-state index contributed by atoms with van der Waals surface area (Å²) >= 11 is 0. The predicted molar refractivity (Wildman–Crippen MR) is 78.6 cm³/mol. The number of rotatable bonds is 2. The van der Waals surface area contributed by atoms with Gasteiger partial charge in [-0.15, -0.1) is 0 Å². The summed E-state index contributed by atoms with van der Waals surface area (Å²) in [6.45, 7) is 2.08. The van der Waals surface area contributed by atoms with Crippen LogP contribution in [0, 0.1) is 6.92 Å². The maximum Gasteiger partial charge on any atom is 0.0927 e. The molecule has 3 nitrogen and oxygen atoms in total. The first-order valence-electron chi connectivity index (χ1n) is 6.21. The van der Waals surface area contributed by atoms with Gasteiger partial charge in [0.25, 0.3) is 0 Å². The van der Waals surface area contributed by atoms with Crippen LogP contribution in [0.4, 0.5) is 5.69 Å². The van der Waals surface area contributed by atoms with Crippen LogP contribution < -0.4 is 5.73 Å². The van der Waals surface area contributed by atoms with Crippen LogP contribution in [0.1, 0.15) is 5.56 Å². The topological polar surface area (TPSA) is 54.7 Å². The van der Waals surface area contributed by atoms with Crippen molar-refractivity contribution in [3.63, 3.8) is 0 Å². The van der Waals surface area contributed by atoms with Gasteiger partial charge in [-0.05, 0) is 31.2 Å². The fourth-order valence-electron chi connectivity index (χ4n) is 2.13. The quantitative estimate of drug-likeness (QED) is 0.681. The molecule has 0 spiro atoms. The highest BCUT2D eigenvalue weighted by Crippen LogP contribution is 2.25. The zero-order valence-electron chi connectivity index (χ0n) is 10.7. The van der Waals surface area contributed by atoms with Gasteiger partial charge in [0.05, 0.1) is 11.4 Å². The van der Waals surface area contributed by atoms with E-state index in [1.165, 1.54) is 5.56 Å². The minimum atomic E-state index is 0.754. The van der Waals surface area contributed by atoms with E-state index in [9.17, 15) is 0 Å². The summed E-state index contributed by atoms with van der Waals surface area (Å²) in [5.41, 5.74) is 11.9. The Labute approximate surface area is 112 Å². The Morgan fingerprint density at radius 1 is 0.947 bits per heavy atom. The van der Waals surface area contributed by atoms with Crippen LogP contribution >= 0.6 is 0 Å². The van der Waals surface area contributed by atoms with Gasteiger partial charge < -0.3 is 5.73 Å². The number of benzene rings is 2. The van der Waals surface area contributed by atoms with Crippen LogP contribution in [-0.2, 0) is 0 Å². The predicted octanol–water partition coefficient (Wildman–Crippen LogP) is 3.63. The average molecular weight is 249 g/mol. The smallest absolute Gasteiger partial charge is 0.0927 e. The van der Waals surface area contributed by atoms with Gasteiger partial charge in [0.1, 0.15) is 0 Å². The molecule has 0 aliphatic rings. The second-order valence-corrected chi connectivity index (χ2v) is 4.66. The molecule has 3 heteroatoms. The lowest BCUT2D eigenvalue weighted by molar-refractivity contribution is 1.10. The molecule has 0 saturated heterocycles. The summed E-state index contributed by atoms with van der Waals surface area (Å²) in [6, 6.07) is 18.1. The first-order valence-corrected chi connectivity index (χ1v) is 6.21. The van der Waals surface area contributed by atoms with Crippen LogP contribution in [0.5, 0.6) is 0 Å². The highest BCUT2D eigenvalue weighted by atomic mass is 15.1. The lowest BCUT2D eigenvalue weighted by Crippen LogP contribution is -1.84. The second-order valence-electron chi connectivity index (χ2n) is 4.66. The van der Waals surface area contributed by atoms with Crippen molar-refractivity contribution in [1.82, 2.24) is 10.2 Å². The molecule has 0 unspecified atom stereocenters. The lowest BCUT2D eigenvalue weighted by atomic mass is 10.1. The highest BCUT2D eigenvalue weighted by Gasteiger charge is 2.06. The lowest BCUT2D eigenvalue weighted by Gasteiger charge is -1.98. The Bertz CT molecular complexity index is 653. The number of nitrogen functional groups attached to an aromatic ring is 1. The van der Waals surface area contributed by atoms with E-state index in [4.69, 9.17) is 5.73 Å². The summed E-state index contributed by atoms with van der Waals surface area (Å²) in [7, 11) is 0. The van der Waals surface area contributed by atoms with Crippen molar-refractivity contribution < 1.29 is 0 Å². The molecule has 0 atom stereocenters. The minimum absolute atomic E-state index is 0.754. The van der Waals surface area contributed by atoms with E-state index >= 15 is 0 Å². The van der Waals surface area contributed by atoms with Crippen molar-refractivity contribution in [1.29, 1.82) is 0 Å². The summed E-state index contributed by atoms with van der Waals surface area (Å²) in [5, 5.41) is 7.43. The largest absolute Gasteiger partial charge is 0.399 e. The SMILES string of the molecule is Cc1cccc(-c2cc(-c3cccc(N)c3)[nH]n2)c1. The number of aryl methyl sites for hydroxylation is 1. The number of hydrogen-bond acceptors (Lipinski definition) is 2. The Hall–Kier alpha value is -2.55. The number of aromatic amines is 1. The van der Waals surface area contributed by atoms with Crippen LogP contribution in [0.15, 0.2) is 54.6 Å². The molecular weight excluding hydrogens is 234 g/mol. The van der Waals surface area contributed by atoms with Gasteiger partial charge >= 0.3 is 0 Å². The van der Waals surface area contributed by atoms with Crippen LogP contribution in [-0.4, -0.2) is 10.2 Å². The average Bonchev–Trinajstić information content (AvgIpc) is 2.88. The summed E-state index contributed by atoms with van der Waals surface area (Å²) in [4.78, 5) is 0. The number of aromatic nitrogens is 2. The maximum atomic E-state index is 5.80. The van der Waals surface area contributed by atoms with Gasteiger partial charge in [-0.2, -0.15) is 5.10 Å². The standard InChI is InChI=1S/C16H15N3/c1-11-4-2-5-12(8-11)15-10-16(19-18-15)13-6-3-7-14(17)9-13/h2-10H,17H2,1H3,(H,18,19). The first kappa shape index (κ1) is 11.5. The molecule has 94 valence electrons. The molecular formula is C16H15N3. The van der Waals surface area contributed by atoms with Gasteiger partial charge in [-0.1, -0.05) is 35.9 Å². The number of nitrogens with zero attached hydrogens (tertiary/aromatic N) is 1. The third-order valence-electron chi connectivity index (χ3n) is 3.09. The fourth-order valence-corrected chi connectivity index (χ4v) is 2.13. The maximum absolute atomic E-state index is 5.80. The summed E-state index contributed by atoms with van der Waals surface area (Å²) in [6.07, 6.45) is 0.